The summed E-state index contributed by atoms with van der Waals surface area (Å²) in [6.07, 6.45) is 2.44. The summed E-state index contributed by atoms with van der Waals surface area (Å²) in [7, 11) is 2.07. The van der Waals surface area contributed by atoms with E-state index in [4.69, 9.17) is 0 Å². The number of thiophene rings is 1. The quantitative estimate of drug-likeness (QED) is 0.617. The first-order chi connectivity index (χ1) is 11.9. The molecule has 1 N–H and O–H groups in total. The van der Waals surface area contributed by atoms with Gasteiger partial charge < -0.3 is 5.32 Å². The molecule has 2 unspecified atom stereocenters. The molecule has 0 spiro atoms. The number of hydrogen-bond acceptors (Lipinski definition) is 2. The van der Waals surface area contributed by atoms with Crippen LogP contribution in [-0.2, 0) is 6.42 Å². The van der Waals surface area contributed by atoms with Crippen LogP contribution in [0.4, 0.5) is 0 Å². The van der Waals surface area contributed by atoms with Crippen molar-refractivity contribution in [3.8, 4) is 10.4 Å². The third-order valence-electron chi connectivity index (χ3n) is 5.16. The predicted octanol–water partition coefficient (Wildman–Crippen LogP) is 5.75. The topological polar surface area (TPSA) is 12.0 Å². The Bertz CT molecular complexity index is 798. The number of fused-ring (bicyclic) bond motifs is 1. The number of rotatable bonds is 4. The van der Waals surface area contributed by atoms with E-state index in [0.29, 0.717) is 11.8 Å². The van der Waals surface area contributed by atoms with Crippen molar-refractivity contribution >= 4 is 23.7 Å². The van der Waals surface area contributed by atoms with Gasteiger partial charge in [-0.2, -0.15) is 0 Å². The number of aryl methyl sites for hydroxylation is 1. The van der Waals surface area contributed by atoms with Crippen LogP contribution in [0.15, 0.2) is 66.0 Å². The summed E-state index contributed by atoms with van der Waals surface area (Å²) in [5, 5.41) is 5.56. The molecule has 4 rings (SSSR count). The van der Waals surface area contributed by atoms with E-state index in [0.717, 1.165) is 6.54 Å². The smallest absolute Gasteiger partial charge is 0.0342 e. The molecular formula is C22H24ClNS. The standard InChI is InChI=1S/C22H23NS.ClH/c1-23-15-19-10-9-17-14-18(21-8-5-13-24-21)11-12-20(17)22(19)16-6-3-2-4-7-16;/h2-8,11-14,19,22-23H,9-10,15H2,1H3;1H. The minimum Gasteiger partial charge on any atom is -0.319 e. The summed E-state index contributed by atoms with van der Waals surface area (Å²) in [4.78, 5) is 1.37. The lowest BCUT2D eigenvalue weighted by Crippen LogP contribution is -2.29. The first-order valence-corrected chi connectivity index (χ1v) is 9.61. The van der Waals surface area contributed by atoms with Gasteiger partial charge in [-0.1, -0.05) is 54.6 Å². The molecule has 0 amide bonds. The highest BCUT2D eigenvalue weighted by molar-refractivity contribution is 7.13. The van der Waals surface area contributed by atoms with E-state index in [1.54, 1.807) is 0 Å². The Hall–Kier alpha value is -1.61. The third-order valence-corrected chi connectivity index (χ3v) is 6.08. The van der Waals surface area contributed by atoms with Gasteiger partial charge >= 0.3 is 0 Å². The average molecular weight is 370 g/mol. The van der Waals surface area contributed by atoms with E-state index < -0.39 is 0 Å². The van der Waals surface area contributed by atoms with Crippen LogP contribution in [0, 0.1) is 5.92 Å². The zero-order chi connectivity index (χ0) is 16.4. The van der Waals surface area contributed by atoms with Gasteiger partial charge in [0.05, 0.1) is 0 Å². The fraction of sp³-hybridized carbons (Fsp3) is 0.273. The second-order valence-electron chi connectivity index (χ2n) is 6.64. The molecule has 0 saturated heterocycles. The van der Waals surface area contributed by atoms with Crippen LogP contribution in [0.1, 0.15) is 29.0 Å². The summed E-state index contributed by atoms with van der Waals surface area (Å²) in [5.74, 6) is 1.16. The van der Waals surface area contributed by atoms with Gasteiger partial charge in [-0.15, -0.1) is 23.7 Å². The van der Waals surface area contributed by atoms with Crippen LogP contribution in [0.2, 0.25) is 0 Å². The molecular weight excluding hydrogens is 346 g/mol. The van der Waals surface area contributed by atoms with E-state index in [-0.39, 0.29) is 12.4 Å². The largest absolute Gasteiger partial charge is 0.319 e. The Morgan fingerprint density at radius 2 is 1.88 bits per heavy atom. The maximum Gasteiger partial charge on any atom is 0.0342 e. The monoisotopic (exact) mass is 369 g/mol. The van der Waals surface area contributed by atoms with Crippen molar-refractivity contribution in [2.45, 2.75) is 18.8 Å². The zero-order valence-corrected chi connectivity index (χ0v) is 16.1. The molecule has 1 aromatic heterocycles. The van der Waals surface area contributed by atoms with Crippen molar-refractivity contribution in [1.29, 1.82) is 0 Å². The van der Waals surface area contributed by atoms with Crippen LogP contribution in [0.25, 0.3) is 10.4 Å². The maximum atomic E-state index is 3.40. The first kappa shape index (κ1) is 18.2. The van der Waals surface area contributed by atoms with Gasteiger partial charge in [0, 0.05) is 10.8 Å². The number of halogens is 1. The lowest BCUT2D eigenvalue weighted by molar-refractivity contribution is 0.396. The fourth-order valence-corrected chi connectivity index (χ4v) is 4.80. The number of hydrogen-bond donors (Lipinski definition) is 1. The highest BCUT2D eigenvalue weighted by atomic mass is 35.5. The second-order valence-corrected chi connectivity index (χ2v) is 7.58. The van der Waals surface area contributed by atoms with Crippen molar-refractivity contribution in [3.05, 3.63) is 82.7 Å². The predicted molar refractivity (Wildman–Crippen MR) is 111 cm³/mol. The molecule has 2 aromatic carbocycles. The fourth-order valence-electron chi connectivity index (χ4n) is 4.08. The molecule has 0 fully saturated rings. The van der Waals surface area contributed by atoms with Crippen LogP contribution >= 0.6 is 23.7 Å². The van der Waals surface area contributed by atoms with Gasteiger partial charge in [-0.3, -0.25) is 0 Å². The lowest BCUT2D eigenvalue weighted by Gasteiger charge is -2.34. The van der Waals surface area contributed by atoms with Crippen molar-refractivity contribution in [1.82, 2.24) is 5.32 Å². The molecule has 2 atom stereocenters. The average Bonchev–Trinajstić information content (AvgIpc) is 3.17. The van der Waals surface area contributed by atoms with Crippen LogP contribution in [-0.4, -0.2) is 13.6 Å². The van der Waals surface area contributed by atoms with Crippen molar-refractivity contribution < 1.29 is 0 Å². The zero-order valence-electron chi connectivity index (χ0n) is 14.4. The van der Waals surface area contributed by atoms with Gasteiger partial charge in [0.15, 0.2) is 0 Å². The molecule has 0 saturated carbocycles. The Kier molecular flexibility index (Phi) is 5.95. The minimum atomic E-state index is 0. The SMILES string of the molecule is CNCC1CCc2cc(-c3cccs3)ccc2C1c1ccccc1.Cl. The molecule has 3 aromatic rings. The summed E-state index contributed by atoms with van der Waals surface area (Å²) < 4.78 is 0. The molecule has 1 aliphatic rings. The Morgan fingerprint density at radius 3 is 2.60 bits per heavy atom. The van der Waals surface area contributed by atoms with E-state index in [1.165, 1.54) is 40.0 Å². The lowest BCUT2D eigenvalue weighted by atomic mass is 9.71. The first-order valence-electron chi connectivity index (χ1n) is 8.73. The number of nitrogens with one attached hydrogen (secondary N) is 1. The van der Waals surface area contributed by atoms with Crippen molar-refractivity contribution in [2.75, 3.05) is 13.6 Å². The summed E-state index contributed by atoms with van der Waals surface area (Å²) in [6.45, 7) is 1.08. The van der Waals surface area contributed by atoms with E-state index in [9.17, 15) is 0 Å². The maximum absolute atomic E-state index is 3.40. The summed E-state index contributed by atoms with van der Waals surface area (Å²) in [5.41, 5.74) is 5.86. The van der Waals surface area contributed by atoms with E-state index in [1.807, 2.05) is 11.3 Å². The van der Waals surface area contributed by atoms with E-state index in [2.05, 4.69) is 78.4 Å². The van der Waals surface area contributed by atoms with Gasteiger partial charge in [-0.25, -0.2) is 0 Å². The molecule has 1 aliphatic carbocycles. The summed E-state index contributed by atoms with van der Waals surface area (Å²) in [6, 6.07) is 22.5. The van der Waals surface area contributed by atoms with E-state index >= 15 is 0 Å². The highest BCUT2D eigenvalue weighted by Gasteiger charge is 2.30. The minimum absolute atomic E-state index is 0. The molecule has 0 aliphatic heterocycles. The molecule has 130 valence electrons. The Labute approximate surface area is 160 Å². The van der Waals surface area contributed by atoms with Crippen molar-refractivity contribution in [3.63, 3.8) is 0 Å². The molecule has 1 heterocycles. The molecule has 3 heteroatoms. The van der Waals surface area contributed by atoms with Gasteiger partial charge in [0.2, 0.25) is 0 Å². The molecule has 25 heavy (non-hydrogen) atoms. The van der Waals surface area contributed by atoms with Crippen LogP contribution in [0.5, 0.6) is 0 Å². The van der Waals surface area contributed by atoms with Gasteiger partial charge in [0.25, 0.3) is 0 Å². The second kappa shape index (κ2) is 8.18. The number of benzene rings is 2. The third kappa shape index (κ3) is 3.67. The van der Waals surface area contributed by atoms with Gasteiger partial charge in [0.1, 0.15) is 0 Å². The Morgan fingerprint density at radius 1 is 1.04 bits per heavy atom. The normalized spacial score (nSPS) is 19.1. The van der Waals surface area contributed by atoms with Crippen LogP contribution < -0.4 is 5.32 Å². The highest BCUT2D eigenvalue weighted by Crippen LogP contribution is 2.42. The molecule has 1 nitrogen and oxygen atoms in total. The molecule has 0 bridgehead atoms. The summed E-state index contributed by atoms with van der Waals surface area (Å²) >= 11 is 1.82. The molecule has 0 radical (unpaired) electrons. The van der Waals surface area contributed by atoms with Gasteiger partial charge in [-0.05, 0) is 66.1 Å². The van der Waals surface area contributed by atoms with Crippen LogP contribution in [0.3, 0.4) is 0 Å². The van der Waals surface area contributed by atoms with Crippen molar-refractivity contribution in [2.24, 2.45) is 5.92 Å². The Balaban J connectivity index is 0.00000182.